The number of aliphatic carboxylic acids is 1. The smallest absolute Gasteiger partial charge is 0.312 e. The molecule has 1 atom stereocenters. The number of carboxylic acids is 1. The molecule has 20 heavy (non-hydrogen) atoms. The van der Waals surface area contributed by atoms with E-state index in [1.165, 1.54) is 0 Å². The number of nitriles is 1. The highest BCUT2D eigenvalue weighted by Gasteiger charge is 2.22. The van der Waals surface area contributed by atoms with Crippen LogP contribution in [0, 0.1) is 11.3 Å². The van der Waals surface area contributed by atoms with Crippen molar-refractivity contribution in [3.63, 3.8) is 0 Å². The van der Waals surface area contributed by atoms with Gasteiger partial charge in [-0.15, -0.1) is 0 Å². The third-order valence-corrected chi connectivity index (χ3v) is 3.09. The molecule has 0 amide bonds. The molecule has 0 aliphatic rings. The summed E-state index contributed by atoms with van der Waals surface area (Å²) in [6.07, 6.45) is 0.380. The number of benzene rings is 1. The number of ether oxygens (including phenoxy) is 1. The van der Waals surface area contributed by atoms with Gasteiger partial charge in [-0.2, -0.15) is 5.26 Å². The maximum Gasteiger partial charge on any atom is 0.312 e. The summed E-state index contributed by atoms with van der Waals surface area (Å²) in [7, 11) is 1.61. The Bertz CT molecular complexity index is 442. The van der Waals surface area contributed by atoms with Gasteiger partial charge >= 0.3 is 5.97 Å². The van der Waals surface area contributed by atoms with Crippen molar-refractivity contribution in [1.82, 2.24) is 4.90 Å². The number of carbonyl (C=O) groups is 1. The van der Waals surface area contributed by atoms with E-state index in [-0.39, 0.29) is 0 Å². The largest absolute Gasteiger partial charge is 0.481 e. The van der Waals surface area contributed by atoms with Gasteiger partial charge in [0.2, 0.25) is 0 Å². The Morgan fingerprint density at radius 2 is 2.10 bits per heavy atom. The van der Waals surface area contributed by atoms with Crippen LogP contribution in [0.1, 0.15) is 17.9 Å². The number of methoxy groups -OCH3 is 1. The zero-order valence-electron chi connectivity index (χ0n) is 11.7. The van der Waals surface area contributed by atoms with Crippen LogP contribution in [0.5, 0.6) is 0 Å². The molecule has 108 valence electrons. The predicted molar refractivity (Wildman–Crippen MR) is 75.4 cm³/mol. The first-order valence-corrected chi connectivity index (χ1v) is 6.55. The van der Waals surface area contributed by atoms with Gasteiger partial charge in [0, 0.05) is 33.2 Å². The van der Waals surface area contributed by atoms with Crippen molar-refractivity contribution >= 4 is 5.97 Å². The van der Waals surface area contributed by atoms with E-state index in [4.69, 9.17) is 10.00 Å². The zero-order chi connectivity index (χ0) is 14.8. The van der Waals surface area contributed by atoms with Gasteiger partial charge in [-0.1, -0.05) is 30.3 Å². The monoisotopic (exact) mass is 276 g/mol. The molecular weight excluding hydrogens is 256 g/mol. The lowest BCUT2D eigenvalue weighted by molar-refractivity contribution is -0.139. The highest BCUT2D eigenvalue weighted by molar-refractivity contribution is 5.76. The molecule has 0 aliphatic heterocycles. The lowest BCUT2D eigenvalue weighted by Gasteiger charge is -2.24. The number of carboxylic acid groups (broad SMARTS) is 1. The Morgan fingerprint density at radius 1 is 1.40 bits per heavy atom. The second-order valence-corrected chi connectivity index (χ2v) is 4.50. The molecule has 5 heteroatoms. The van der Waals surface area contributed by atoms with Gasteiger partial charge in [0.25, 0.3) is 0 Å². The number of hydrogen-bond donors (Lipinski definition) is 1. The summed E-state index contributed by atoms with van der Waals surface area (Å²) < 4.78 is 5.03. The molecule has 1 unspecified atom stereocenters. The van der Waals surface area contributed by atoms with Gasteiger partial charge in [-0.25, -0.2) is 0 Å². The molecule has 0 aromatic heterocycles. The average Bonchev–Trinajstić information content (AvgIpc) is 2.47. The van der Waals surface area contributed by atoms with Crippen molar-refractivity contribution in [2.24, 2.45) is 0 Å². The molecular formula is C15H20N2O3. The van der Waals surface area contributed by atoms with Crippen LogP contribution in [0.4, 0.5) is 0 Å². The normalized spacial score (nSPS) is 12.1. The van der Waals surface area contributed by atoms with E-state index in [0.717, 1.165) is 5.56 Å². The topological polar surface area (TPSA) is 73.6 Å². The molecule has 1 N–H and O–H groups in total. The van der Waals surface area contributed by atoms with E-state index in [9.17, 15) is 9.90 Å². The summed E-state index contributed by atoms with van der Waals surface area (Å²) in [5.74, 6) is -1.44. The Balaban J connectivity index is 2.75. The van der Waals surface area contributed by atoms with Crippen LogP contribution in [0.25, 0.3) is 0 Å². The standard InChI is InChI=1S/C15H20N2O3/c1-20-11-10-17(9-5-8-16)12-14(15(18)19)13-6-3-2-4-7-13/h2-4,6-7,14H,5,9-12H2,1H3,(H,18,19). The molecule has 0 saturated heterocycles. The molecule has 0 aliphatic carbocycles. The van der Waals surface area contributed by atoms with Crippen molar-refractivity contribution in [3.8, 4) is 6.07 Å². The number of nitrogens with zero attached hydrogens (tertiary/aromatic N) is 2. The predicted octanol–water partition coefficient (Wildman–Crippen LogP) is 1.72. The highest BCUT2D eigenvalue weighted by Crippen LogP contribution is 2.17. The molecule has 0 spiro atoms. The molecule has 1 rings (SSSR count). The summed E-state index contributed by atoms with van der Waals surface area (Å²) in [6, 6.07) is 11.2. The third-order valence-electron chi connectivity index (χ3n) is 3.09. The first-order chi connectivity index (χ1) is 9.69. The fraction of sp³-hybridized carbons (Fsp3) is 0.467. The fourth-order valence-electron chi connectivity index (χ4n) is 1.99. The number of rotatable bonds is 9. The van der Waals surface area contributed by atoms with Gasteiger partial charge in [-0.05, 0) is 5.56 Å². The summed E-state index contributed by atoms with van der Waals surface area (Å²) in [5.41, 5.74) is 0.777. The van der Waals surface area contributed by atoms with Crippen LogP contribution in [-0.2, 0) is 9.53 Å². The van der Waals surface area contributed by atoms with Crippen molar-refractivity contribution in [1.29, 1.82) is 5.26 Å². The van der Waals surface area contributed by atoms with Crippen molar-refractivity contribution in [3.05, 3.63) is 35.9 Å². The van der Waals surface area contributed by atoms with E-state index >= 15 is 0 Å². The average molecular weight is 276 g/mol. The fourth-order valence-corrected chi connectivity index (χ4v) is 1.99. The first-order valence-electron chi connectivity index (χ1n) is 6.55. The molecule has 1 aromatic carbocycles. The van der Waals surface area contributed by atoms with E-state index in [2.05, 4.69) is 6.07 Å². The quantitative estimate of drug-likeness (QED) is 0.743. The zero-order valence-corrected chi connectivity index (χ0v) is 11.7. The maximum atomic E-state index is 11.5. The SMILES string of the molecule is COCCN(CCC#N)CC(C(=O)O)c1ccccc1. The minimum absolute atomic E-state index is 0.379. The first kappa shape index (κ1) is 16.2. The Morgan fingerprint density at radius 3 is 2.65 bits per heavy atom. The van der Waals surface area contributed by atoms with E-state index < -0.39 is 11.9 Å². The molecule has 0 saturated carbocycles. The van der Waals surface area contributed by atoms with Crippen LogP contribution in [0.15, 0.2) is 30.3 Å². The summed E-state index contributed by atoms with van der Waals surface area (Å²) in [5, 5.41) is 18.1. The van der Waals surface area contributed by atoms with E-state index in [1.54, 1.807) is 7.11 Å². The molecule has 0 radical (unpaired) electrons. The van der Waals surface area contributed by atoms with Crippen molar-refractivity contribution < 1.29 is 14.6 Å². The van der Waals surface area contributed by atoms with Gasteiger partial charge in [0.15, 0.2) is 0 Å². The molecule has 1 aromatic rings. The van der Waals surface area contributed by atoms with Crippen LogP contribution in [-0.4, -0.2) is 49.3 Å². The molecule has 5 nitrogen and oxygen atoms in total. The van der Waals surface area contributed by atoms with Crippen LogP contribution in [0.3, 0.4) is 0 Å². The Kier molecular flexibility index (Phi) is 7.33. The summed E-state index contributed by atoms with van der Waals surface area (Å²) in [4.78, 5) is 13.4. The molecule has 0 bridgehead atoms. The van der Waals surface area contributed by atoms with Crippen LogP contribution >= 0.6 is 0 Å². The highest BCUT2D eigenvalue weighted by atomic mass is 16.5. The third kappa shape index (κ3) is 5.39. The minimum Gasteiger partial charge on any atom is -0.481 e. The maximum absolute atomic E-state index is 11.5. The van der Waals surface area contributed by atoms with Gasteiger partial charge in [-0.3, -0.25) is 9.69 Å². The minimum atomic E-state index is -0.851. The second-order valence-electron chi connectivity index (χ2n) is 4.50. The van der Waals surface area contributed by atoms with Crippen LogP contribution < -0.4 is 0 Å². The Hall–Kier alpha value is -1.90. The van der Waals surface area contributed by atoms with Crippen LogP contribution in [0.2, 0.25) is 0 Å². The second kappa shape index (κ2) is 9.08. The summed E-state index contributed by atoms with van der Waals surface area (Å²) >= 11 is 0. The lowest BCUT2D eigenvalue weighted by atomic mass is 9.98. The van der Waals surface area contributed by atoms with Crippen molar-refractivity contribution in [2.45, 2.75) is 12.3 Å². The van der Waals surface area contributed by atoms with E-state index in [1.807, 2.05) is 35.2 Å². The number of hydrogen-bond acceptors (Lipinski definition) is 4. The van der Waals surface area contributed by atoms with Crippen molar-refractivity contribution in [2.75, 3.05) is 33.4 Å². The molecule has 0 fully saturated rings. The van der Waals surface area contributed by atoms with Gasteiger partial charge in [0.1, 0.15) is 0 Å². The lowest BCUT2D eigenvalue weighted by Crippen LogP contribution is -2.35. The van der Waals surface area contributed by atoms with Gasteiger partial charge < -0.3 is 9.84 Å². The van der Waals surface area contributed by atoms with E-state index in [0.29, 0.717) is 32.7 Å². The Labute approximate surface area is 119 Å². The molecule has 0 heterocycles. The van der Waals surface area contributed by atoms with Gasteiger partial charge in [0.05, 0.1) is 18.6 Å². The summed E-state index contributed by atoms with van der Waals surface area (Å²) in [6.45, 7) is 2.07.